The van der Waals surface area contributed by atoms with Crippen LogP contribution in [0.5, 0.6) is 0 Å². The summed E-state index contributed by atoms with van der Waals surface area (Å²) in [5.41, 5.74) is 4.83. The Labute approximate surface area is 92.7 Å². The van der Waals surface area contributed by atoms with Crippen molar-refractivity contribution in [2.45, 2.75) is 45.0 Å². The highest BCUT2D eigenvalue weighted by Crippen LogP contribution is 2.26. The number of hydrogen-bond acceptors (Lipinski definition) is 4. The Kier molecular flexibility index (Phi) is 7.09. The smallest absolute Gasteiger partial charge is 0.159 e. The molecular formula is C11H25NO3. The van der Waals surface area contributed by atoms with Crippen molar-refractivity contribution in [1.82, 2.24) is 0 Å². The first-order valence-electron chi connectivity index (χ1n) is 5.49. The van der Waals surface area contributed by atoms with E-state index in [0.717, 1.165) is 12.8 Å². The summed E-state index contributed by atoms with van der Waals surface area (Å²) in [6.07, 6.45) is 2.01. The first kappa shape index (κ1) is 14.8. The molecule has 2 atom stereocenters. The zero-order valence-electron chi connectivity index (χ0n) is 10.3. The lowest BCUT2D eigenvalue weighted by Gasteiger charge is -2.34. The van der Waals surface area contributed by atoms with E-state index in [0.29, 0.717) is 13.0 Å². The Balaban J connectivity index is 4.34. The fourth-order valence-corrected chi connectivity index (χ4v) is 1.80. The number of ether oxygens (including phenoxy) is 2. The molecular weight excluding hydrogens is 194 g/mol. The van der Waals surface area contributed by atoms with Crippen molar-refractivity contribution in [3.63, 3.8) is 0 Å². The van der Waals surface area contributed by atoms with Crippen LogP contribution in [-0.2, 0) is 9.47 Å². The Hall–Kier alpha value is -0.160. The minimum atomic E-state index is -0.832. The molecule has 0 aromatic rings. The zero-order valence-corrected chi connectivity index (χ0v) is 10.3. The van der Waals surface area contributed by atoms with Crippen molar-refractivity contribution in [2.24, 2.45) is 11.7 Å². The Morgan fingerprint density at radius 3 is 2.20 bits per heavy atom. The van der Waals surface area contributed by atoms with Crippen LogP contribution >= 0.6 is 0 Å². The number of rotatable bonds is 8. The van der Waals surface area contributed by atoms with Crippen LogP contribution < -0.4 is 5.73 Å². The Bertz CT molecular complexity index is 158. The third-order valence-electron chi connectivity index (χ3n) is 2.91. The standard InChI is InChI=1S/C11H25NO3/c1-5-6-9(8-12)11(2,13)7-10(14-3)15-4/h9-10,13H,5-8,12H2,1-4H3. The van der Waals surface area contributed by atoms with E-state index in [4.69, 9.17) is 15.2 Å². The van der Waals surface area contributed by atoms with Crippen molar-refractivity contribution in [3.05, 3.63) is 0 Å². The van der Waals surface area contributed by atoms with Crippen LogP contribution in [0.1, 0.15) is 33.1 Å². The van der Waals surface area contributed by atoms with Gasteiger partial charge in [-0.1, -0.05) is 13.3 Å². The maximum absolute atomic E-state index is 10.3. The summed E-state index contributed by atoms with van der Waals surface area (Å²) in [5.74, 6) is 0.0929. The monoisotopic (exact) mass is 219 g/mol. The molecule has 0 amide bonds. The fraction of sp³-hybridized carbons (Fsp3) is 1.00. The summed E-state index contributed by atoms with van der Waals surface area (Å²) in [5, 5.41) is 10.3. The van der Waals surface area contributed by atoms with Crippen LogP contribution in [0.25, 0.3) is 0 Å². The van der Waals surface area contributed by atoms with E-state index in [9.17, 15) is 5.11 Å². The molecule has 4 nitrogen and oxygen atoms in total. The largest absolute Gasteiger partial charge is 0.390 e. The first-order valence-corrected chi connectivity index (χ1v) is 5.49. The van der Waals surface area contributed by atoms with Crippen molar-refractivity contribution >= 4 is 0 Å². The van der Waals surface area contributed by atoms with Gasteiger partial charge in [-0.05, 0) is 25.8 Å². The van der Waals surface area contributed by atoms with Gasteiger partial charge >= 0.3 is 0 Å². The second-order valence-electron chi connectivity index (χ2n) is 4.18. The van der Waals surface area contributed by atoms with Crippen LogP contribution in [0.3, 0.4) is 0 Å². The normalized spacial score (nSPS) is 17.8. The maximum atomic E-state index is 10.3. The summed E-state index contributed by atoms with van der Waals surface area (Å²) < 4.78 is 10.2. The van der Waals surface area contributed by atoms with Crippen molar-refractivity contribution in [1.29, 1.82) is 0 Å². The van der Waals surface area contributed by atoms with Crippen LogP contribution in [0.4, 0.5) is 0 Å². The van der Waals surface area contributed by atoms with E-state index in [1.807, 2.05) is 0 Å². The summed E-state index contributed by atoms with van der Waals surface area (Å²) >= 11 is 0. The third kappa shape index (κ3) is 4.93. The summed E-state index contributed by atoms with van der Waals surface area (Å²) in [6, 6.07) is 0. The van der Waals surface area contributed by atoms with Crippen molar-refractivity contribution < 1.29 is 14.6 Å². The van der Waals surface area contributed by atoms with E-state index in [2.05, 4.69) is 6.92 Å². The lowest BCUT2D eigenvalue weighted by Crippen LogP contribution is -2.42. The summed E-state index contributed by atoms with van der Waals surface area (Å²) in [6.45, 7) is 4.37. The van der Waals surface area contributed by atoms with Gasteiger partial charge in [-0.2, -0.15) is 0 Å². The fourth-order valence-electron chi connectivity index (χ4n) is 1.80. The minimum Gasteiger partial charge on any atom is -0.390 e. The molecule has 4 heteroatoms. The van der Waals surface area contributed by atoms with Gasteiger partial charge in [0.2, 0.25) is 0 Å². The maximum Gasteiger partial charge on any atom is 0.159 e. The molecule has 2 unspecified atom stereocenters. The quantitative estimate of drug-likeness (QED) is 0.600. The number of aliphatic hydroxyl groups is 1. The van der Waals surface area contributed by atoms with Gasteiger partial charge in [0.25, 0.3) is 0 Å². The predicted molar refractivity (Wildman–Crippen MR) is 60.5 cm³/mol. The van der Waals surface area contributed by atoms with Crippen LogP contribution in [0, 0.1) is 5.92 Å². The van der Waals surface area contributed by atoms with E-state index >= 15 is 0 Å². The van der Waals surface area contributed by atoms with E-state index in [1.54, 1.807) is 21.1 Å². The number of nitrogens with two attached hydrogens (primary N) is 1. The lowest BCUT2D eigenvalue weighted by atomic mass is 9.83. The molecule has 0 fully saturated rings. The third-order valence-corrected chi connectivity index (χ3v) is 2.91. The van der Waals surface area contributed by atoms with Gasteiger partial charge in [-0.15, -0.1) is 0 Å². The minimum absolute atomic E-state index is 0.0929. The van der Waals surface area contributed by atoms with Crippen LogP contribution in [0.2, 0.25) is 0 Å². The summed E-state index contributed by atoms with van der Waals surface area (Å²) in [4.78, 5) is 0. The molecule has 0 aliphatic rings. The van der Waals surface area contributed by atoms with Crippen molar-refractivity contribution in [3.8, 4) is 0 Å². The summed E-state index contributed by atoms with van der Waals surface area (Å²) in [7, 11) is 3.14. The van der Waals surface area contributed by atoms with E-state index in [1.165, 1.54) is 0 Å². The van der Waals surface area contributed by atoms with Crippen molar-refractivity contribution in [2.75, 3.05) is 20.8 Å². The molecule has 0 radical (unpaired) electrons. The highest BCUT2D eigenvalue weighted by atomic mass is 16.7. The van der Waals surface area contributed by atoms with Gasteiger partial charge in [-0.25, -0.2) is 0 Å². The molecule has 15 heavy (non-hydrogen) atoms. The molecule has 92 valence electrons. The zero-order chi connectivity index (χ0) is 11.9. The Morgan fingerprint density at radius 1 is 1.33 bits per heavy atom. The SMILES string of the molecule is CCCC(CN)C(C)(O)CC(OC)OC. The molecule has 3 N–H and O–H groups in total. The molecule has 0 saturated heterocycles. The molecule has 0 aromatic carbocycles. The molecule has 0 bridgehead atoms. The van der Waals surface area contributed by atoms with E-state index < -0.39 is 5.60 Å². The van der Waals surface area contributed by atoms with E-state index in [-0.39, 0.29) is 12.2 Å². The molecule has 0 aliphatic heterocycles. The molecule has 0 saturated carbocycles. The highest BCUT2D eigenvalue weighted by molar-refractivity contribution is 4.83. The van der Waals surface area contributed by atoms with Gasteiger partial charge in [0, 0.05) is 20.6 Å². The second-order valence-corrected chi connectivity index (χ2v) is 4.18. The molecule has 0 heterocycles. The average Bonchev–Trinajstić information content (AvgIpc) is 2.22. The van der Waals surface area contributed by atoms with Crippen LogP contribution in [-0.4, -0.2) is 37.8 Å². The first-order chi connectivity index (χ1) is 7.01. The number of methoxy groups -OCH3 is 2. The average molecular weight is 219 g/mol. The van der Waals surface area contributed by atoms with Gasteiger partial charge in [-0.3, -0.25) is 0 Å². The molecule has 0 aromatic heterocycles. The molecule has 0 aliphatic carbocycles. The second kappa shape index (κ2) is 7.17. The highest BCUT2D eigenvalue weighted by Gasteiger charge is 2.33. The molecule has 0 rings (SSSR count). The lowest BCUT2D eigenvalue weighted by molar-refractivity contribution is -0.151. The van der Waals surface area contributed by atoms with Gasteiger partial charge < -0.3 is 20.3 Å². The van der Waals surface area contributed by atoms with Gasteiger partial charge in [0.1, 0.15) is 0 Å². The topological polar surface area (TPSA) is 64.7 Å². The van der Waals surface area contributed by atoms with Gasteiger partial charge in [0.05, 0.1) is 5.60 Å². The molecule has 0 spiro atoms. The van der Waals surface area contributed by atoms with Gasteiger partial charge in [0.15, 0.2) is 6.29 Å². The predicted octanol–water partition coefficient (Wildman–Crippen LogP) is 1.12. The Morgan fingerprint density at radius 2 is 1.87 bits per heavy atom. The van der Waals surface area contributed by atoms with Crippen LogP contribution in [0.15, 0.2) is 0 Å². The number of hydrogen-bond donors (Lipinski definition) is 2.